The lowest BCUT2D eigenvalue weighted by atomic mass is 10.1. The number of aliphatic carboxylic acids is 1. The molecule has 1 heterocycles. The van der Waals surface area contributed by atoms with Crippen LogP contribution in [-0.4, -0.2) is 36.4 Å². The van der Waals surface area contributed by atoms with E-state index < -0.39 is 12.1 Å². The third kappa shape index (κ3) is 8.41. The minimum absolute atomic E-state index is 0.360. The molecule has 1 aromatic rings. The first kappa shape index (κ1) is 20.0. The van der Waals surface area contributed by atoms with Gasteiger partial charge >= 0.3 is 12.1 Å². The summed E-state index contributed by atoms with van der Waals surface area (Å²) in [5.74, 6) is -2.76. The molecule has 2 rings (SSSR count). The Labute approximate surface area is 141 Å². The molecule has 4 nitrogen and oxygen atoms in total. The van der Waals surface area contributed by atoms with Crippen LogP contribution in [0.25, 0.3) is 0 Å². The summed E-state index contributed by atoms with van der Waals surface area (Å²) in [5.41, 5.74) is 1.04. The van der Waals surface area contributed by atoms with Crippen LogP contribution < -0.4 is 5.32 Å². The summed E-state index contributed by atoms with van der Waals surface area (Å²) in [6.45, 7) is 2.67. The molecular formula is C14H16Cl2F3NO3. The highest BCUT2D eigenvalue weighted by Crippen LogP contribution is 2.20. The fourth-order valence-corrected chi connectivity index (χ4v) is 2.44. The monoisotopic (exact) mass is 373 g/mol. The van der Waals surface area contributed by atoms with Crippen molar-refractivity contribution in [2.75, 3.05) is 13.1 Å². The average molecular weight is 374 g/mol. The summed E-state index contributed by atoms with van der Waals surface area (Å²) >= 11 is 11.8. The van der Waals surface area contributed by atoms with Crippen LogP contribution in [0.1, 0.15) is 18.4 Å². The predicted molar refractivity (Wildman–Crippen MR) is 80.8 cm³/mol. The van der Waals surface area contributed by atoms with Crippen molar-refractivity contribution in [3.05, 3.63) is 33.8 Å². The third-order valence-electron chi connectivity index (χ3n) is 2.94. The Balaban J connectivity index is 0.000000322. The number of halogens is 5. The molecule has 1 fully saturated rings. The third-order valence-corrected chi connectivity index (χ3v) is 3.37. The van der Waals surface area contributed by atoms with Gasteiger partial charge in [0.25, 0.3) is 0 Å². The largest absolute Gasteiger partial charge is 0.490 e. The molecule has 1 saturated heterocycles. The SMILES string of the molecule is Clc1cc(Cl)cc(COC2CCNCC2)c1.O=C(O)C(F)(F)F. The van der Waals surface area contributed by atoms with Crippen LogP contribution in [-0.2, 0) is 16.1 Å². The first-order valence-electron chi connectivity index (χ1n) is 6.76. The minimum Gasteiger partial charge on any atom is -0.475 e. The molecule has 1 aliphatic rings. The smallest absolute Gasteiger partial charge is 0.475 e. The number of rotatable bonds is 3. The van der Waals surface area contributed by atoms with E-state index in [0.717, 1.165) is 31.5 Å². The van der Waals surface area contributed by atoms with E-state index in [1.165, 1.54) is 0 Å². The fourth-order valence-electron chi connectivity index (χ4n) is 1.87. The van der Waals surface area contributed by atoms with Crippen molar-refractivity contribution in [3.63, 3.8) is 0 Å². The topological polar surface area (TPSA) is 58.6 Å². The molecule has 1 aliphatic heterocycles. The second-order valence-electron chi connectivity index (χ2n) is 4.84. The second kappa shape index (κ2) is 9.32. The Morgan fingerprint density at radius 1 is 1.22 bits per heavy atom. The van der Waals surface area contributed by atoms with Gasteiger partial charge in [-0.25, -0.2) is 4.79 Å². The average Bonchev–Trinajstić information content (AvgIpc) is 2.45. The zero-order valence-electron chi connectivity index (χ0n) is 12.0. The van der Waals surface area contributed by atoms with Gasteiger partial charge in [-0.15, -0.1) is 0 Å². The molecule has 0 atom stereocenters. The quantitative estimate of drug-likeness (QED) is 0.843. The fraction of sp³-hybridized carbons (Fsp3) is 0.500. The first-order chi connectivity index (χ1) is 10.7. The van der Waals surface area contributed by atoms with Gasteiger partial charge in [-0.3, -0.25) is 0 Å². The summed E-state index contributed by atoms with van der Waals surface area (Å²) in [6.07, 6.45) is -2.57. The van der Waals surface area contributed by atoms with E-state index in [1.807, 2.05) is 12.1 Å². The van der Waals surface area contributed by atoms with Crippen molar-refractivity contribution in [3.8, 4) is 0 Å². The van der Waals surface area contributed by atoms with Crippen LogP contribution in [0.15, 0.2) is 18.2 Å². The molecule has 0 radical (unpaired) electrons. The van der Waals surface area contributed by atoms with Crippen molar-refractivity contribution in [1.29, 1.82) is 0 Å². The molecule has 130 valence electrons. The molecule has 23 heavy (non-hydrogen) atoms. The molecule has 0 aliphatic carbocycles. The zero-order chi connectivity index (χ0) is 17.5. The highest BCUT2D eigenvalue weighted by atomic mass is 35.5. The number of nitrogens with one attached hydrogen (secondary N) is 1. The van der Waals surface area contributed by atoms with Crippen LogP contribution in [0.2, 0.25) is 10.0 Å². The molecule has 1 aromatic carbocycles. The highest BCUT2D eigenvalue weighted by Gasteiger charge is 2.38. The summed E-state index contributed by atoms with van der Waals surface area (Å²) in [5, 5.41) is 11.8. The molecule has 0 aromatic heterocycles. The Hall–Kier alpha value is -1.02. The Morgan fingerprint density at radius 3 is 2.13 bits per heavy atom. The maximum absolute atomic E-state index is 10.6. The van der Waals surface area contributed by atoms with Crippen LogP contribution >= 0.6 is 23.2 Å². The van der Waals surface area contributed by atoms with Gasteiger partial charge in [0.1, 0.15) is 0 Å². The van der Waals surface area contributed by atoms with Crippen LogP contribution in [0.3, 0.4) is 0 Å². The first-order valence-corrected chi connectivity index (χ1v) is 7.51. The number of hydrogen-bond acceptors (Lipinski definition) is 3. The van der Waals surface area contributed by atoms with E-state index in [2.05, 4.69) is 5.32 Å². The van der Waals surface area contributed by atoms with E-state index in [4.69, 9.17) is 37.8 Å². The standard InChI is InChI=1S/C12H15Cl2NO.C2HF3O2/c13-10-5-9(6-11(14)7-10)8-16-12-1-3-15-4-2-12;3-2(4,5)1(6)7/h5-7,12,15H,1-4,8H2;(H,6,7). The summed E-state index contributed by atoms with van der Waals surface area (Å²) < 4.78 is 37.6. The van der Waals surface area contributed by atoms with Gasteiger partial charge < -0.3 is 15.2 Å². The van der Waals surface area contributed by atoms with E-state index in [0.29, 0.717) is 22.8 Å². The lowest BCUT2D eigenvalue weighted by molar-refractivity contribution is -0.192. The van der Waals surface area contributed by atoms with Gasteiger partial charge in [-0.1, -0.05) is 23.2 Å². The van der Waals surface area contributed by atoms with Gasteiger partial charge in [0, 0.05) is 10.0 Å². The Kier molecular flexibility index (Phi) is 8.11. The number of piperidine rings is 1. The van der Waals surface area contributed by atoms with E-state index in [-0.39, 0.29) is 0 Å². The van der Waals surface area contributed by atoms with Gasteiger partial charge in [0.15, 0.2) is 0 Å². The molecule has 0 bridgehead atoms. The number of carbonyl (C=O) groups is 1. The normalized spacial score (nSPS) is 15.7. The van der Waals surface area contributed by atoms with Crippen molar-refractivity contribution < 1.29 is 27.8 Å². The van der Waals surface area contributed by atoms with Gasteiger partial charge in [0.05, 0.1) is 12.7 Å². The molecule has 0 amide bonds. The number of benzene rings is 1. The van der Waals surface area contributed by atoms with Crippen LogP contribution in [0, 0.1) is 0 Å². The molecule has 0 spiro atoms. The van der Waals surface area contributed by atoms with Gasteiger partial charge in [-0.05, 0) is 49.7 Å². The summed E-state index contributed by atoms with van der Waals surface area (Å²) in [4.78, 5) is 8.90. The number of ether oxygens (including phenoxy) is 1. The van der Waals surface area contributed by atoms with E-state index in [9.17, 15) is 13.2 Å². The molecular weight excluding hydrogens is 358 g/mol. The molecule has 9 heteroatoms. The van der Waals surface area contributed by atoms with Crippen molar-refractivity contribution in [2.24, 2.45) is 0 Å². The number of carboxylic acid groups (broad SMARTS) is 1. The molecule has 0 unspecified atom stereocenters. The zero-order valence-corrected chi connectivity index (χ0v) is 13.5. The van der Waals surface area contributed by atoms with Crippen LogP contribution in [0.4, 0.5) is 13.2 Å². The van der Waals surface area contributed by atoms with E-state index >= 15 is 0 Å². The maximum Gasteiger partial charge on any atom is 0.490 e. The Morgan fingerprint density at radius 2 is 1.70 bits per heavy atom. The summed E-state index contributed by atoms with van der Waals surface area (Å²) in [6, 6.07) is 5.53. The number of carboxylic acids is 1. The van der Waals surface area contributed by atoms with Crippen molar-refractivity contribution >= 4 is 29.2 Å². The molecule has 2 N–H and O–H groups in total. The second-order valence-corrected chi connectivity index (χ2v) is 5.71. The number of hydrogen-bond donors (Lipinski definition) is 2. The predicted octanol–water partition coefficient (Wildman–Crippen LogP) is 3.90. The minimum atomic E-state index is -5.08. The lowest BCUT2D eigenvalue weighted by Crippen LogP contribution is -2.32. The molecule has 0 saturated carbocycles. The highest BCUT2D eigenvalue weighted by molar-refractivity contribution is 6.34. The van der Waals surface area contributed by atoms with E-state index in [1.54, 1.807) is 6.07 Å². The van der Waals surface area contributed by atoms with Crippen LogP contribution in [0.5, 0.6) is 0 Å². The maximum atomic E-state index is 10.6. The number of alkyl halides is 3. The van der Waals surface area contributed by atoms with Gasteiger partial charge in [0.2, 0.25) is 0 Å². The Bertz CT molecular complexity index is 500. The van der Waals surface area contributed by atoms with Crippen molar-refractivity contribution in [1.82, 2.24) is 5.32 Å². The lowest BCUT2D eigenvalue weighted by Gasteiger charge is -2.23. The summed E-state index contributed by atoms with van der Waals surface area (Å²) in [7, 11) is 0. The van der Waals surface area contributed by atoms with Crippen molar-refractivity contribution in [2.45, 2.75) is 31.7 Å². The van der Waals surface area contributed by atoms with Gasteiger partial charge in [-0.2, -0.15) is 13.2 Å².